The Morgan fingerprint density at radius 2 is 2.04 bits per heavy atom. The third kappa shape index (κ3) is 5.10. The van der Waals surface area contributed by atoms with Crippen molar-refractivity contribution in [2.45, 2.75) is 19.3 Å². The molecule has 0 spiro atoms. The van der Waals surface area contributed by atoms with Gasteiger partial charge in [-0.25, -0.2) is 18.6 Å². The second-order valence-electron chi connectivity index (χ2n) is 4.77. The summed E-state index contributed by atoms with van der Waals surface area (Å²) >= 11 is 1.21. The van der Waals surface area contributed by atoms with Crippen LogP contribution in [0, 0.1) is 11.6 Å². The fourth-order valence-corrected chi connectivity index (χ4v) is 2.68. The van der Waals surface area contributed by atoms with Crippen molar-refractivity contribution in [3.63, 3.8) is 0 Å². The highest BCUT2D eigenvalue weighted by atomic mass is 32.1. The van der Waals surface area contributed by atoms with Gasteiger partial charge in [0.05, 0.1) is 5.01 Å². The number of thiazole rings is 1. The van der Waals surface area contributed by atoms with Gasteiger partial charge in [0.25, 0.3) is 0 Å². The zero-order chi connectivity index (χ0) is 16.8. The average Bonchev–Trinajstić information content (AvgIpc) is 2.97. The van der Waals surface area contributed by atoms with Gasteiger partial charge in [-0.1, -0.05) is 0 Å². The van der Waals surface area contributed by atoms with E-state index >= 15 is 0 Å². The van der Waals surface area contributed by atoms with Gasteiger partial charge < -0.3 is 10.4 Å². The summed E-state index contributed by atoms with van der Waals surface area (Å²) in [4.78, 5) is 26.3. The lowest BCUT2D eigenvalue weighted by Crippen LogP contribution is -2.26. The van der Waals surface area contributed by atoms with Crippen molar-refractivity contribution in [1.82, 2.24) is 10.3 Å². The van der Waals surface area contributed by atoms with Crippen molar-refractivity contribution in [1.29, 1.82) is 0 Å². The number of carboxylic acids is 1. The van der Waals surface area contributed by atoms with E-state index in [0.29, 0.717) is 18.0 Å². The van der Waals surface area contributed by atoms with Gasteiger partial charge >= 0.3 is 5.97 Å². The summed E-state index contributed by atoms with van der Waals surface area (Å²) < 4.78 is 26.4. The maximum absolute atomic E-state index is 13.4. The minimum Gasteiger partial charge on any atom is -0.476 e. The molecule has 1 aromatic heterocycles. The van der Waals surface area contributed by atoms with E-state index in [9.17, 15) is 18.4 Å². The minimum absolute atomic E-state index is 0.0158. The SMILES string of the molecule is O=C(CCc1cc(F)ccc1F)NCCc1nc(C(=O)O)cs1. The van der Waals surface area contributed by atoms with Crippen molar-refractivity contribution in [3.05, 3.63) is 51.5 Å². The first-order chi connectivity index (χ1) is 11.0. The van der Waals surface area contributed by atoms with E-state index in [1.165, 1.54) is 16.7 Å². The molecule has 0 aliphatic rings. The Morgan fingerprint density at radius 3 is 2.74 bits per heavy atom. The first-order valence-electron chi connectivity index (χ1n) is 6.84. The molecule has 5 nitrogen and oxygen atoms in total. The number of hydrogen-bond donors (Lipinski definition) is 2. The number of aromatic carboxylic acids is 1. The summed E-state index contributed by atoms with van der Waals surface area (Å²) in [6, 6.07) is 3.13. The van der Waals surface area contributed by atoms with Gasteiger partial charge in [0.15, 0.2) is 5.69 Å². The van der Waals surface area contributed by atoms with Crippen LogP contribution in [0.25, 0.3) is 0 Å². The van der Waals surface area contributed by atoms with Crippen LogP contribution in [0.3, 0.4) is 0 Å². The number of carbonyl (C=O) groups is 2. The monoisotopic (exact) mass is 340 g/mol. The van der Waals surface area contributed by atoms with Crippen LogP contribution in [0.1, 0.15) is 27.5 Å². The summed E-state index contributed by atoms with van der Waals surface area (Å²) in [5.41, 5.74) is 0.143. The molecule has 0 unspecified atom stereocenters. The van der Waals surface area contributed by atoms with Gasteiger partial charge in [-0.2, -0.15) is 0 Å². The zero-order valence-corrected chi connectivity index (χ0v) is 12.8. The summed E-state index contributed by atoms with van der Waals surface area (Å²) in [7, 11) is 0. The lowest BCUT2D eigenvalue weighted by atomic mass is 10.1. The number of hydrogen-bond acceptors (Lipinski definition) is 4. The van der Waals surface area contributed by atoms with E-state index in [2.05, 4.69) is 10.3 Å². The third-order valence-electron chi connectivity index (χ3n) is 3.06. The van der Waals surface area contributed by atoms with Crippen molar-refractivity contribution >= 4 is 23.2 Å². The van der Waals surface area contributed by atoms with E-state index in [0.717, 1.165) is 18.2 Å². The van der Waals surface area contributed by atoms with E-state index in [-0.39, 0.29) is 30.0 Å². The molecule has 0 aliphatic carbocycles. The van der Waals surface area contributed by atoms with Crippen LogP contribution >= 0.6 is 11.3 Å². The van der Waals surface area contributed by atoms with Crippen LogP contribution in [0.5, 0.6) is 0 Å². The largest absolute Gasteiger partial charge is 0.476 e. The molecule has 0 saturated carbocycles. The molecule has 0 aliphatic heterocycles. The quantitative estimate of drug-likeness (QED) is 0.811. The summed E-state index contributed by atoms with van der Waals surface area (Å²) in [6.07, 6.45) is 0.562. The number of aryl methyl sites for hydroxylation is 1. The second-order valence-corrected chi connectivity index (χ2v) is 5.71. The Hall–Kier alpha value is -2.35. The van der Waals surface area contributed by atoms with Crippen molar-refractivity contribution < 1.29 is 23.5 Å². The molecule has 1 aromatic carbocycles. The van der Waals surface area contributed by atoms with E-state index in [1.54, 1.807) is 0 Å². The van der Waals surface area contributed by atoms with Gasteiger partial charge in [-0.3, -0.25) is 4.79 Å². The summed E-state index contributed by atoms with van der Waals surface area (Å²) in [6.45, 7) is 0.303. The van der Waals surface area contributed by atoms with Gasteiger partial charge in [0.1, 0.15) is 11.6 Å². The highest BCUT2D eigenvalue weighted by Crippen LogP contribution is 2.12. The number of carboxylic acid groups (broad SMARTS) is 1. The van der Waals surface area contributed by atoms with Crippen molar-refractivity contribution in [2.24, 2.45) is 0 Å². The molecule has 1 heterocycles. The first kappa shape index (κ1) is 17.0. The molecule has 1 amide bonds. The number of rotatable bonds is 7. The molecule has 0 saturated heterocycles. The molecule has 0 atom stereocenters. The Kier molecular flexibility index (Phi) is 5.75. The highest BCUT2D eigenvalue weighted by Gasteiger charge is 2.10. The summed E-state index contributed by atoms with van der Waals surface area (Å²) in [5.74, 6) is -2.46. The van der Waals surface area contributed by atoms with Crippen LogP contribution in [0.15, 0.2) is 23.6 Å². The Labute approximate surface area is 135 Å². The van der Waals surface area contributed by atoms with Crippen LogP contribution in [0.4, 0.5) is 8.78 Å². The molecular weight excluding hydrogens is 326 g/mol. The number of nitrogens with zero attached hydrogens (tertiary/aromatic N) is 1. The molecule has 23 heavy (non-hydrogen) atoms. The normalized spacial score (nSPS) is 10.5. The van der Waals surface area contributed by atoms with Crippen LogP contribution in [-0.4, -0.2) is 28.5 Å². The van der Waals surface area contributed by atoms with Crippen molar-refractivity contribution in [2.75, 3.05) is 6.54 Å². The smallest absolute Gasteiger partial charge is 0.355 e. The number of carbonyl (C=O) groups excluding carboxylic acids is 1. The molecule has 2 aromatic rings. The number of amides is 1. The summed E-state index contributed by atoms with van der Waals surface area (Å²) in [5, 5.41) is 13.4. The van der Waals surface area contributed by atoms with Gasteiger partial charge in [-0.15, -0.1) is 11.3 Å². The molecule has 0 radical (unpaired) electrons. The molecule has 122 valence electrons. The lowest BCUT2D eigenvalue weighted by Gasteiger charge is -2.05. The molecule has 0 fully saturated rings. The third-order valence-corrected chi connectivity index (χ3v) is 3.97. The molecule has 2 N–H and O–H groups in total. The standard InChI is InChI=1S/C15H14F2N2O3S/c16-10-2-3-11(17)9(7-10)1-4-13(20)18-6-5-14-19-12(8-23-14)15(21)22/h2-3,7-8H,1,4-6H2,(H,18,20)(H,21,22). The van der Waals surface area contributed by atoms with Gasteiger partial charge in [0.2, 0.25) is 5.91 Å². The van der Waals surface area contributed by atoms with E-state index < -0.39 is 17.6 Å². The van der Waals surface area contributed by atoms with Gasteiger partial charge in [0, 0.05) is 24.8 Å². The molecular formula is C15H14F2N2O3S. The predicted octanol–water partition coefficient (Wildman–Crippen LogP) is 2.41. The minimum atomic E-state index is -1.09. The first-order valence-corrected chi connectivity index (χ1v) is 7.72. The molecule has 2 rings (SSSR count). The maximum atomic E-state index is 13.4. The number of halogens is 2. The molecule has 0 bridgehead atoms. The van der Waals surface area contributed by atoms with Crippen LogP contribution in [-0.2, 0) is 17.6 Å². The maximum Gasteiger partial charge on any atom is 0.355 e. The average molecular weight is 340 g/mol. The van der Waals surface area contributed by atoms with E-state index in [1.807, 2.05) is 0 Å². The van der Waals surface area contributed by atoms with Crippen LogP contribution < -0.4 is 5.32 Å². The highest BCUT2D eigenvalue weighted by molar-refractivity contribution is 7.09. The van der Waals surface area contributed by atoms with Gasteiger partial charge in [-0.05, 0) is 30.2 Å². The number of aromatic nitrogens is 1. The van der Waals surface area contributed by atoms with Crippen molar-refractivity contribution in [3.8, 4) is 0 Å². The number of nitrogens with one attached hydrogen (secondary N) is 1. The lowest BCUT2D eigenvalue weighted by molar-refractivity contribution is -0.121. The fourth-order valence-electron chi connectivity index (χ4n) is 1.90. The van der Waals surface area contributed by atoms with Crippen LogP contribution in [0.2, 0.25) is 0 Å². The molecule has 8 heteroatoms. The number of benzene rings is 1. The zero-order valence-electron chi connectivity index (χ0n) is 12.0. The Morgan fingerprint density at radius 1 is 1.26 bits per heavy atom. The topological polar surface area (TPSA) is 79.3 Å². The Balaban J connectivity index is 1.74. The second kappa shape index (κ2) is 7.77. The predicted molar refractivity (Wildman–Crippen MR) is 80.5 cm³/mol. The fraction of sp³-hybridized carbons (Fsp3) is 0.267. The Bertz CT molecular complexity index is 718. The van der Waals surface area contributed by atoms with E-state index in [4.69, 9.17) is 5.11 Å².